The minimum absolute atomic E-state index is 0.0303. The van der Waals surface area contributed by atoms with Gasteiger partial charge in [0.25, 0.3) is 5.91 Å². The van der Waals surface area contributed by atoms with E-state index in [1.54, 1.807) is 47.6 Å². The molecule has 4 N–H and O–H groups in total. The molecular weight excluding hydrogens is 460 g/mol. The van der Waals surface area contributed by atoms with Gasteiger partial charge in [-0.05, 0) is 61.2 Å². The van der Waals surface area contributed by atoms with Crippen LogP contribution in [0.5, 0.6) is 5.75 Å². The number of rotatable bonds is 4. The molecule has 2 aromatic carbocycles. The molecule has 10 nitrogen and oxygen atoms in total. The Bertz CT molecular complexity index is 1250. The first kappa shape index (κ1) is 25.0. The molecule has 0 aliphatic carbocycles. The van der Waals surface area contributed by atoms with Crippen LogP contribution in [-0.4, -0.2) is 74.9 Å². The summed E-state index contributed by atoms with van der Waals surface area (Å²) in [6, 6.07) is 9.98. The second-order valence-corrected chi connectivity index (χ2v) is 8.64. The molecule has 190 valence electrons. The summed E-state index contributed by atoms with van der Waals surface area (Å²) in [7, 11) is 0. The maximum Gasteiger partial charge on any atom is 0.322 e. The van der Waals surface area contributed by atoms with Crippen LogP contribution in [0, 0.1) is 0 Å². The van der Waals surface area contributed by atoms with Crippen molar-refractivity contribution in [2.45, 2.75) is 39.2 Å². The van der Waals surface area contributed by atoms with Crippen molar-refractivity contribution in [1.82, 2.24) is 25.1 Å². The summed E-state index contributed by atoms with van der Waals surface area (Å²) < 4.78 is 0. The quantitative estimate of drug-likeness (QED) is 0.416. The van der Waals surface area contributed by atoms with Gasteiger partial charge in [0.1, 0.15) is 5.75 Å². The summed E-state index contributed by atoms with van der Waals surface area (Å²) in [6.07, 6.45) is 3.56. The zero-order chi connectivity index (χ0) is 25.7. The van der Waals surface area contributed by atoms with E-state index in [4.69, 9.17) is 0 Å². The number of aromatic hydroxyl groups is 1. The Hall–Kier alpha value is -4.08. The zero-order valence-electron chi connectivity index (χ0n) is 20.6. The van der Waals surface area contributed by atoms with Gasteiger partial charge in [-0.15, -0.1) is 0 Å². The number of anilines is 1. The van der Waals surface area contributed by atoms with E-state index in [1.807, 2.05) is 18.7 Å². The molecule has 1 fully saturated rings. The lowest BCUT2D eigenvalue weighted by Gasteiger charge is -2.38. The van der Waals surface area contributed by atoms with Crippen molar-refractivity contribution in [3.05, 3.63) is 53.9 Å². The van der Waals surface area contributed by atoms with Gasteiger partial charge in [-0.2, -0.15) is 0 Å². The number of hydrogen-bond donors (Lipinski definition) is 4. The first-order chi connectivity index (χ1) is 17.5. The van der Waals surface area contributed by atoms with E-state index in [-0.39, 0.29) is 36.2 Å². The van der Waals surface area contributed by atoms with Gasteiger partial charge in [0.05, 0.1) is 23.9 Å². The molecule has 0 radical (unpaired) electrons. The Morgan fingerprint density at radius 2 is 1.89 bits per heavy atom. The molecular formula is C26H32N6O4. The number of amides is 4. The number of urea groups is 1. The highest BCUT2D eigenvalue weighted by Gasteiger charge is 2.31. The number of H-pyrrole nitrogens is 1. The number of aromatic nitrogens is 2. The van der Waals surface area contributed by atoms with Gasteiger partial charge in [-0.3, -0.25) is 9.59 Å². The lowest BCUT2D eigenvalue weighted by atomic mass is 10.0. The fraction of sp³-hybridized carbons (Fsp3) is 0.385. The van der Waals surface area contributed by atoms with Crippen molar-refractivity contribution >= 4 is 34.6 Å². The number of aromatic amines is 1. The number of hydrogen-bond acceptors (Lipinski definition) is 5. The van der Waals surface area contributed by atoms with Crippen LogP contribution in [-0.2, 0) is 11.2 Å². The van der Waals surface area contributed by atoms with E-state index >= 15 is 0 Å². The molecule has 2 aliphatic heterocycles. The van der Waals surface area contributed by atoms with Gasteiger partial charge in [0.2, 0.25) is 5.91 Å². The van der Waals surface area contributed by atoms with E-state index < -0.39 is 0 Å². The van der Waals surface area contributed by atoms with Crippen LogP contribution >= 0.6 is 0 Å². The van der Waals surface area contributed by atoms with Crippen molar-refractivity contribution in [2.24, 2.45) is 0 Å². The van der Waals surface area contributed by atoms with Crippen LogP contribution < -0.4 is 10.6 Å². The van der Waals surface area contributed by atoms with Crippen molar-refractivity contribution < 1.29 is 19.5 Å². The highest BCUT2D eigenvalue weighted by atomic mass is 16.3. The second kappa shape index (κ2) is 11.1. The molecule has 3 aromatic rings. The smallest absolute Gasteiger partial charge is 0.322 e. The summed E-state index contributed by atoms with van der Waals surface area (Å²) in [5.74, 6) is -0.272. The van der Waals surface area contributed by atoms with Crippen LogP contribution in [0.15, 0.2) is 42.7 Å². The van der Waals surface area contributed by atoms with E-state index in [0.29, 0.717) is 44.5 Å². The number of nitrogens with zero attached hydrogens (tertiary/aromatic N) is 3. The van der Waals surface area contributed by atoms with E-state index in [0.717, 1.165) is 22.3 Å². The molecule has 0 spiro atoms. The Balaban J connectivity index is 0.00000148. The van der Waals surface area contributed by atoms with Crippen molar-refractivity contribution in [1.29, 1.82) is 0 Å². The molecule has 36 heavy (non-hydrogen) atoms. The van der Waals surface area contributed by atoms with Crippen LogP contribution in [0.3, 0.4) is 0 Å². The predicted molar refractivity (Wildman–Crippen MR) is 137 cm³/mol. The zero-order valence-corrected chi connectivity index (χ0v) is 20.6. The standard InChI is InChI=1S/C24H26N6O4.C2H6/c31-18-2-4-19-15(11-18)5-10-30(24(34)28-19)17-6-8-29(9-7-17)22(32)13-25-23(33)16-1-3-20-21(12-16)27-14-26-20;1-2/h1-4,11-12,14,17,31H,5-10,13H2,(H,25,33)(H,26,27)(H,28,34);1-2H3. The monoisotopic (exact) mass is 492 g/mol. The number of piperidine rings is 1. The Kier molecular flexibility index (Phi) is 7.72. The molecule has 4 amide bonds. The molecule has 10 heteroatoms. The van der Waals surface area contributed by atoms with Crippen molar-refractivity contribution in [3.63, 3.8) is 0 Å². The largest absolute Gasteiger partial charge is 0.508 e. The number of imidazole rings is 1. The number of phenolic OH excluding ortho intramolecular Hbond substituents is 1. The number of phenols is 1. The normalized spacial score (nSPS) is 15.9. The topological polar surface area (TPSA) is 131 Å². The minimum atomic E-state index is -0.313. The summed E-state index contributed by atoms with van der Waals surface area (Å²) in [5.41, 5.74) is 3.63. The Labute approximate surface area is 209 Å². The third kappa shape index (κ3) is 5.42. The third-order valence-electron chi connectivity index (χ3n) is 6.55. The van der Waals surface area contributed by atoms with Gasteiger partial charge in [0, 0.05) is 36.9 Å². The SMILES string of the molecule is CC.O=C(NCC(=O)N1CCC(N2CCc3cc(O)ccc3NC2=O)CC1)c1ccc2nc[nH]c2c1. The Morgan fingerprint density at radius 1 is 1.11 bits per heavy atom. The first-order valence-corrected chi connectivity index (χ1v) is 12.4. The third-order valence-corrected chi connectivity index (χ3v) is 6.55. The summed E-state index contributed by atoms with van der Waals surface area (Å²) in [4.78, 5) is 48.6. The molecule has 3 heterocycles. The maximum atomic E-state index is 12.8. The molecule has 0 atom stereocenters. The molecule has 1 saturated heterocycles. The number of carbonyl (C=O) groups excluding carboxylic acids is 3. The predicted octanol–water partition coefficient (Wildman–Crippen LogP) is 3.11. The highest BCUT2D eigenvalue weighted by Crippen LogP contribution is 2.27. The van der Waals surface area contributed by atoms with Gasteiger partial charge >= 0.3 is 6.03 Å². The average molecular weight is 493 g/mol. The summed E-state index contributed by atoms with van der Waals surface area (Å²) >= 11 is 0. The Morgan fingerprint density at radius 3 is 2.67 bits per heavy atom. The fourth-order valence-corrected chi connectivity index (χ4v) is 4.66. The van der Waals surface area contributed by atoms with Gasteiger partial charge in [-0.25, -0.2) is 9.78 Å². The molecule has 2 aliphatic rings. The van der Waals surface area contributed by atoms with Gasteiger partial charge < -0.3 is 30.5 Å². The summed E-state index contributed by atoms with van der Waals surface area (Å²) in [5, 5.41) is 15.4. The number of likely N-dealkylation sites (tertiary alicyclic amines) is 1. The number of fused-ring (bicyclic) bond motifs is 2. The van der Waals surface area contributed by atoms with Crippen molar-refractivity contribution in [2.75, 3.05) is 31.5 Å². The molecule has 0 unspecified atom stereocenters. The number of nitrogens with one attached hydrogen (secondary N) is 3. The second-order valence-electron chi connectivity index (χ2n) is 8.64. The van der Waals surface area contributed by atoms with Crippen LogP contribution in [0.25, 0.3) is 11.0 Å². The number of benzene rings is 2. The first-order valence-electron chi connectivity index (χ1n) is 12.4. The van der Waals surface area contributed by atoms with E-state index in [9.17, 15) is 19.5 Å². The van der Waals surface area contributed by atoms with E-state index in [2.05, 4.69) is 20.6 Å². The minimum Gasteiger partial charge on any atom is -0.508 e. The van der Waals surface area contributed by atoms with E-state index in [1.165, 1.54) is 0 Å². The van der Waals surface area contributed by atoms with Crippen LogP contribution in [0.2, 0.25) is 0 Å². The molecule has 5 rings (SSSR count). The molecule has 0 saturated carbocycles. The molecule has 1 aromatic heterocycles. The lowest BCUT2D eigenvalue weighted by molar-refractivity contribution is -0.131. The average Bonchev–Trinajstić information content (AvgIpc) is 3.31. The fourth-order valence-electron chi connectivity index (χ4n) is 4.66. The summed E-state index contributed by atoms with van der Waals surface area (Å²) in [6.45, 7) is 5.53. The van der Waals surface area contributed by atoms with Crippen molar-refractivity contribution in [3.8, 4) is 5.75 Å². The number of carbonyl (C=O) groups is 3. The highest BCUT2D eigenvalue weighted by molar-refractivity contribution is 5.99. The maximum absolute atomic E-state index is 12.8. The van der Waals surface area contributed by atoms with Crippen LogP contribution in [0.4, 0.5) is 10.5 Å². The van der Waals surface area contributed by atoms with Gasteiger partial charge in [0.15, 0.2) is 0 Å². The molecule has 0 bridgehead atoms. The van der Waals surface area contributed by atoms with Crippen LogP contribution in [0.1, 0.15) is 42.6 Å². The van der Waals surface area contributed by atoms with Gasteiger partial charge in [-0.1, -0.05) is 13.8 Å². The lowest BCUT2D eigenvalue weighted by Crippen LogP contribution is -2.51.